The standard InChI is InChI=1S/C28H18N2/c29-19-21-11-15-25(16-12-21)27(23-7-3-1-4-8-23)28(24-9-5-2-6-10-24)26-17-13-22(20-30)14-18-26/h1-18H/b28-27+. The molecule has 4 rings (SSSR count). The highest BCUT2D eigenvalue weighted by Gasteiger charge is 2.16. The lowest BCUT2D eigenvalue weighted by atomic mass is 9.85. The lowest BCUT2D eigenvalue weighted by Crippen LogP contribution is -1.97. The minimum absolute atomic E-state index is 0.630. The Morgan fingerprint density at radius 1 is 0.400 bits per heavy atom. The maximum absolute atomic E-state index is 9.21. The quantitative estimate of drug-likeness (QED) is 0.381. The van der Waals surface area contributed by atoms with Crippen molar-refractivity contribution < 1.29 is 0 Å². The molecular formula is C28H18N2. The maximum Gasteiger partial charge on any atom is 0.0991 e. The fraction of sp³-hybridized carbons (Fsp3) is 0. The van der Waals surface area contributed by atoms with E-state index in [0.717, 1.165) is 33.4 Å². The Morgan fingerprint density at radius 2 is 0.700 bits per heavy atom. The molecule has 0 heterocycles. The summed E-state index contributed by atoms with van der Waals surface area (Å²) in [6.07, 6.45) is 0. The Balaban J connectivity index is 2.06. The third-order valence-electron chi connectivity index (χ3n) is 4.98. The molecule has 4 aromatic rings. The molecule has 0 aliphatic heterocycles. The summed E-state index contributed by atoms with van der Waals surface area (Å²) in [4.78, 5) is 0. The summed E-state index contributed by atoms with van der Waals surface area (Å²) in [6, 6.07) is 40.3. The summed E-state index contributed by atoms with van der Waals surface area (Å²) in [5.41, 5.74) is 7.66. The van der Waals surface area contributed by atoms with E-state index in [-0.39, 0.29) is 0 Å². The molecule has 0 spiro atoms. The van der Waals surface area contributed by atoms with Crippen molar-refractivity contribution in [3.63, 3.8) is 0 Å². The summed E-state index contributed by atoms with van der Waals surface area (Å²) in [5.74, 6) is 0. The van der Waals surface area contributed by atoms with Gasteiger partial charge in [0.25, 0.3) is 0 Å². The molecule has 2 heteroatoms. The van der Waals surface area contributed by atoms with Crippen molar-refractivity contribution in [1.29, 1.82) is 10.5 Å². The Bertz CT molecular complexity index is 1150. The number of nitriles is 2. The van der Waals surface area contributed by atoms with Crippen LogP contribution in [0.25, 0.3) is 11.1 Å². The third kappa shape index (κ3) is 3.90. The first-order valence-corrected chi connectivity index (χ1v) is 9.66. The maximum atomic E-state index is 9.21. The minimum atomic E-state index is 0.630. The molecule has 0 amide bonds. The summed E-state index contributed by atoms with van der Waals surface area (Å²) in [7, 11) is 0. The van der Waals surface area contributed by atoms with Crippen LogP contribution in [-0.4, -0.2) is 0 Å². The van der Waals surface area contributed by atoms with Crippen molar-refractivity contribution >= 4 is 11.1 Å². The summed E-state index contributed by atoms with van der Waals surface area (Å²) in [6.45, 7) is 0. The van der Waals surface area contributed by atoms with Gasteiger partial charge in [0, 0.05) is 0 Å². The Kier molecular flexibility index (Phi) is 5.52. The van der Waals surface area contributed by atoms with Gasteiger partial charge >= 0.3 is 0 Å². The molecule has 30 heavy (non-hydrogen) atoms. The predicted molar refractivity (Wildman–Crippen MR) is 120 cm³/mol. The molecule has 0 unspecified atom stereocenters. The van der Waals surface area contributed by atoms with Crippen molar-refractivity contribution in [2.24, 2.45) is 0 Å². The lowest BCUT2D eigenvalue weighted by molar-refractivity contribution is 1.45. The van der Waals surface area contributed by atoms with Crippen LogP contribution in [0.15, 0.2) is 109 Å². The number of hydrogen-bond donors (Lipinski definition) is 0. The Morgan fingerprint density at radius 3 is 1.00 bits per heavy atom. The van der Waals surface area contributed by atoms with Crippen molar-refractivity contribution in [1.82, 2.24) is 0 Å². The largest absolute Gasteiger partial charge is 0.192 e. The van der Waals surface area contributed by atoms with Gasteiger partial charge in [0.2, 0.25) is 0 Å². The van der Waals surface area contributed by atoms with Gasteiger partial charge in [-0.2, -0.15) is 10.5 Å². The first kappa shape index (κ1) is 18.9. The van der Waals surface area contributed by atoms with Crippen LogP contribution in [-0.2, 0) is 0 Å². The van der Waals surface area contributed by atoms with E-state index in [4.69, 9.17) is 0 Å². The van der Waals surface area contributed by atoms with E-state index in [1.165, 1.54) is 0 Å². The van der Waals surface area contributed by atoms with Crippen molar-refractivity contribution in [2.45, 2.75) is 0 Å². The zero-order valence-electron chi connectivity index (χ0n) is 16.3. The average molecular weight is 382 g/mol. The van der Waals surface area contributed by atoms with Crippen LogP contribution >= 0.6 is 0 Å². The molecule has 0 aromatic heterocycles. The van der Waals surface area contributed by atoms with E-state index >= 15 is 0 Å². The van der Waals surface area contributed by atoms with Gasteiger partial charge in [-0.05, 0) is 57.7 Å². The van der Waals surface area contributed by atoms with Crippen LogP contribution in [0.2, 0.25) is 0 Å². The predicted octanol–water partition coefficient (Wildman–Crippen LogP) is 6.44. The Labute approximate surface area is 176 Å². The van der Waals surface area contributed by atoms with Gasteiger partial charge < -0.3 is 0 Å². The van der Waals surface area contributed by atoms with Gasteiger partial charge in [0.15, 0.2) is 0 Å². The number of benzene rings is 4. The number of nitrogens with zero attached hydrogens (tertiary/aromatic N) is 2. The molecular weight excluding hydrogens is 364 g/mol. The second-order valence-electron chi connectivity index (χ2n) is 6.86. The number of hydrogen-bond acceptors (Lipinski definition) is 2. The van der Waals surface area contributed by atoms with E-state index in [0.29, 0.717) is 11.1 Å². The van der Waals surface area contributed by atoms with E-state index in [1.807, 2.05) is 84.9 Å². The van der Waals surface area contributed by atoms with Crippen LogP contribution in [0.1, 0.15) is 33.4 Å². The fourth-order valence-corrected chi connectivity index (χ4v) is 3.54. The van der Waals surface area contributed by atoms with Crippen molar-refractivity contribution in [3.8, 4) is 12.1 Å². The monoisotopic (exact) mass is 382 g/mol. The lowest BCUT2D eigenvalue weighted by Gasteiger charge is -2.18. The number of rotatable bonds is 4. The smallest absolute Gasteiger partial charge is 0.0991 e. The zero-order chi connectivity index (χ0) is 20.8. The van der Waals surface area contributed by atoms with E-state index in [1.54, 1.807) is 0 Å². The van der Waals surface area contributed by atoms with Gasteiger partial charge in [0.05, 0.1) is 23.3 Å². The molecule has 0 atom stereocenters. The molecule has 0 saturated heterocycles. The van der Waals surface area contributed by atoms with Crippen molar-refractivity contribution in [3.05, 3.63) is 143 Å². The van der Waals surface area contributed by atoms with E-state index < -0.39 is 0 Å². The average Bonchev–Trinajstić information content (AvgIpc) is 2.84. The second-order valence-corrected chi connectivity index (χ2v) is 6.86. The van der Waals surface area contributed by atoms with E-state index in [2.05, 4.69) is 36.4 Å². The molecule has 0 saturated carbocycles. The zero-order valence-corrected chi connectivity index (χ0v) is 16.3. The summed E-state index contributed by atoms with van der Waals surface area (Å²) in [5, 5.41) is 18.4. The molecule has 0 fully saturated rings. The highest BCUT2D eigenvalue weighted by atomic mass is 14.2. The molecule has 0 radical (unpaired) electrons. The molecule has 2 nitrogen and oxygen atoms in total. The second kappa shape index (κ2) is 8.74. The minimum Gasteiger partial charge on any atom is -0.192 e. The van der Waals surface area contributed by atoms with Crippen LogP contribution < -0.4 is 0 Å². The van der Waals surface area contributed by atoms with E-state index in [9.17, 15) is 10.5 Å². The van der Waals surface area contributed by atoms with Crippen LogP contribution in [0.5, 0.6) is 0 Å². The molecule has 0 aliphatic rings. The Hall–Kier alpha value is -4.40. The van der Waals surface area contributed by atoms with Gasteiger partial charge in [-0.15, -0.1) is 0 Å². The molecule has 4 aromatic carbocycles. The highest BCUT2D eigenvalue weighted by molar-refractivity contribution is 6.04. The van der Waals surface area contributed by atoms with Crippen LogP contribution in [0.4, 0.5) is 0 Å². The van der Waals surface area contributed by atoms with Gasteiger partial charge in [0.1, 0.15) is 0 Å². The van der Waals surface area contributed by atoms with Crippen LogP contribution in [0.3, 0.4) is 0 Å². The summed E-state index contributed by atoms with van der Waals surface area (Å²) >= 11 is 0. The molecule has 0 aliphatic carbocycles. The molecule has 140 valence electrons. The normalized spacial score (nSPS) is 11.1. The fourth-order valence-electron chi connectivity index (χ4n) is 3.54. The first-order chi connectivity index (χ1) is 14.8. The topological polar surface area (TPSA) is 47.6 Å². The third-order valence-corrected chi connectivity index (χ3v) is 4.98. The summed E-state index contributed by atoms with van der Waals surface area (Å²) < 4.78 is 0. The van der Waals surface area contributed by atoms with Gasteiger partial charge in [-0.3, -0.25) is 0 Å². The van der Waals surface area contributed by atoms with Crippen molar-refractivity contribution in [2.75, 3.05) is 0 Å². The first-order valence-electron chi connectivity index (χ1n) is 9.66. The highest BCUT2D eigenvalue weighted by Crippen LogP contribution is 2.36. The van der Waals surface area contributed by atoms with Gasteiger partial charge in [-0.25, -0.2) is 0 Å². The SMILES string of the molecule is N#Cc1ccc(/C(=C(\c2ccccc2)c2ccc(C#N)cc2)c2ccccc2)cc1. The van der Waals surface area contributed by atoms with Crippen LogP contribution in [0, 0.1) is 22.7 Å². The molecule has 0 N–H and O–H groups in total. The molecule has 0 bridgehead atoms. The van der Waals surface area contributed by atoms with Gasteiger partial charge in [-0.1, -0.05) is 84.9 Å².